The topological polar surface area (TPSA) is 116 Å². The maximum Gasteiger partial charge on any atom is 0.322 e. The number of hydrogen-bond donors (Lipinski definition) is 4. The maximum absolute atomic E-state index is 12.0. The van der Waals surface area contributed by atoms with Crippen LogP contribution in [0.3, 0.4) is 0 Å². The monoisotopic (exact) mass is 328 g/mol. The maximum atomic E-state index is 12.0. The minimum Gasteiger partial charge on any atom is -0.508 e. The predicted octanol–water partition coefficient (Wildman–Crippen LogP) is 1.39. The molecule has 0 aliphatic heterocycles. The van der Waals surface area contributed by atoms with Gasteiger partial charge in [-0.25, -0.2) is 0 Å². The first-order valence-electron chi connectivity index (χ1n) is 7.12. The van der Waals surface area contributed by atoms with Crippen molar-refractivity contribution >= 4 is 23.5 Å². The standard InChI is InChI=1S/C17H16N2O5/c20-14-4-2-1-3-12(14)9-15(21)19-13-7-5-11(6-8-13)17(24)18-10-16(22)23/h1-8,20H,9-10H2,(H,18,24)(H,19,21)(H,22,23). The molecule has 0 aliphatic carbocycles. The minimum absolute atomic E-state index is 0.0214. The Balaban J connectivity index is 1.94. The number of phenolic OH excluding ortho intramolecular Hbond substituents is 1. The molecule has 2 amide bonds. The van der Waals surface area contributed by atoms with Gasteiger partial charge in [0.2, 0.25) is 5.91 Å². The van der Waals surface area contributed by atoms with E-state index >= 15 is 0 Å². The normalized spacial score (nSPS) is 10.0. The Morgan fingerprint density at radius 3 is 2.25 bits per heavy atom. The van der Waals surface area contributed by atoms with Gasteiger partial charge in [-0.15, -0.1) is 0 Å². The van der Waals surface area contributed by atoms with Gasteiger partial charge in [-0.1, -0.05) is 18.2 Å². The number of anilines is 1. The van der Waals surface area contributed by atoms with Crippen molar-refractivity contribution in [2.24, 2.45) is 0 Å². The molecule has 0 aliphatic rings. The van der Waals surface area contributed by atoms with Crippen molar-refractivity contribution in [1.82, 2.24) is 5.32 Å². The van der Waals surface area contributed by atoms with Crippen LogP contribution in [-0.2, 0) is 16.0 Å². The van der Waals surface area contributed by atoms with Crippen LogP contribution >= 0.6 is 0 Å². The zero-order valence-electron chi connectivity index (χ0n) is 12.7. The second-order valence-electron chi connectivity index (χ2n) is 5.01. The van der Waals surface area contributed by atoms with Crippen LogP contribution in [0.25, 0.3) is 0 Å². The number of aliphatic carboxylic acids is 1. The molecule has 0 aromatic heterocycles. The van der Waals surface area contributed by atoms with Crippen LogP contribution in [0.4, 0.5) is 5.69 Å². The number of amides is 2. The largest absolute Gasteiger partial charge is 0.508 e. The minimum atomic E-state index is -1.13. The third-order valence-corrected chi connectivity index (χ3v) is 3.17. The molecule has 0 atom stereocenters. The first-order valence-corrected chi connectivity index (χ1v) is 7.12. The Hall–Kier alpha value is -3.35. The molecule has 2 rings (SSSR count). The average molecular weight is 328 g/mol. The highest BCUT2D eigenvalue weighted by Gasteiger charge is 2.09. The Morgan fingerprint density at radius 2 is 1.62 bits per heavy atom. The van der Waals surface area contributed by atoms with Crippen LogP contribution in [0, 0.1) is 0 Å². The lowest BCUT2D eigenvalue weighted by molar-refractivity contribution is -0.135. The number of hydrogen-bond acceptors (Lipinski definition) is 4. The van der Waals surface area contributed by atoms with Crippen LogP contribution in [0.15, 0.2) is 48.5 Å². The number of nitrogens with one attached hydrogen (secondary N) is 2. The first-order chi connectivity index (χ1) is 11.5. The van der Waals surface area contributed by atoms with E-state index in [0.29, 0.717) is 11.3 Å². The van der Waals surface area contributed by atoms with Gasteiger partial charge in [0.25, 0.3) is 5.91 Å². The second-order valence-corrected chi connectivity index (χ2v) is 5.01. The van der Waals surface area contributed by atoms with Crippen LogP contribution < -0.4 is 10.6 Å². The Bertz CT molecular complexity index is 756. The highest BCUT2D eigenvalue weighted by Crippen LogP contribution is 2.17. The van der Waals surface area contributed by atoms with Crippen LogP contribution in [0.2, 0.25) is 0 Å². The number of carboxylic acids is 1. The summed E-state index contributed by atoms with van der Waals surface area (Å²) in [6.07, 6.45) is 0.0214. The quantitative estimate of drug-likeness (QED) is 0.639. The molecule has 0 heterocycles. The number of aromatic hydroxyl groups is 1. The molecular formula is C17H16N2O5. The fourth-order valence-electron chi connectivity index (χ4n) is 2.00. The summed E-state index contributed by atoms with van der Waals surface area (Å²) in [7, 11) is 0. The lowest BCUT2D eigenvalue weighted by atomic mass is 10.1. The summed E-state index contributed by atoms with van der Waals surface area (Å²) < 4.78 is 0. The molecule has 7 nitrogen and oxygen atoms in total. The van der Waals surface area contributed by atoms with Crippen molar-refractivity contribution in [2.75, 3.05) is 11.9 Å². The van der Waals surface area contributed by atoms with Gasteiger partial charge < -0.3 is 20.8 Å². The summed E-state index contributed by atoms with van der Waals surface area (Å²) in [5.74, 6) is -1.89. The highest BCUT2D eigenvalue weighted by molar-refractivity contribution is 5.97. The molecule has 0 saturated heterocycles. The molecule has 2 aromatic rings. The van der Waals surface area contributed by atoms with Gasteiger partial charge in [-0.05, 0) is 30.3 Å². The van der Waals surface area contributed by atoms with Crippen molar-refractivity contribution in [3.63, 3.8) is 0 Å². The Labute approximate surface area is 137 Å². The van der Waals surface area contributed by atoms with Crippen molar-refractivity contribution in [3.05, 3.63) is 59.7 Å². The number of phenols is 1. The van der Waals surface area contributed by atoms with Crippen LogP contribution in [0.5, 0.6) is 5.75 Å². The third kappa shape index (κ3) is 4.84. The molecular weight excluding hydrogens is 312 g/mol. The smallest absolute Gasteiger partial charge is 0.322 e. The fourth-order valence-corrected chi connectivity index (χ4v) is 2.00. The summed E-state index contributed by atoms with van der Waals surface area (Å²) in [5, 5.41) is 23.1. The van der Waals surface area contributed by atoms with Gasteiger partial charge >= 0.3 is 5.97 Å². The Kier molecular flexibility index (Phi) is 5.51. The van der Waals surface area contributed by atoms with Crippen molar-refractivity contribution in [3.8, 4) is 5.75 Å². The van der Waals surface area contributed by atoms with Gasteiger partial charge in [0, 0.05) is 16.8 Å². The van der Waals surface area contributed by atoms with E-state index in [9.17, 15) is 19.5 Å². The molecule has 0 radical (unpaired) electrons. The summed E-state index contributed by atoms with van der Waals surface area (Å²) in [4.78, 5) is 34.0. The fraction of sp³-hybridized carbons (Fsp3) is 0.118. The van der Waals surface area contributed by atoms with E-state index in [1.54, 1.807) is 30.3 Å². The number of para-hydroxylation sites is 1. The second kappa shape index (κ2) is 7.77. The van der Waals surface area contributed by atoms with Gasteiger partial charge in [0.1, 0.15) is 12.3 Å². The van der Waals surface area contributed by atoms with Gasteiger partial charge in [-0.3, -0.25) is 14.4 Å². The molecule has 4 N–H and O–H groups in total. The summed E-state index contributed by atoms with van der Waals surface area (Å²) in [5.41, 5.74) is 1.29. The molecule has 24 heavy (non-hydrogen) atoms. The average Bonchev–Trinajstić information content (AvgIpc) is 2.55. The Morgan fingerprint density at radius 1 is 0.958 bits per heavy atom. The highest BCUT2D eigenvalue weighted by atomic mass is 16.4. The molecule has 7 heteroatoms. The molecule has 124 valence electrons. The molecule has 0 spiro atoms. The molecule has 2 aromatic carbocycles. The van der Waals surface area contributed by atoms with E-state index in [0.717, 1.165) is 0 Å². The zero-order valence-corrected chi connectivity index (χ0v) is 12.7. The van der Waals surface area contributed by atoms with Crippen molar-refractivity contribution in [2.45, 2.75) is 6.42 Å². The van der Waals surface area contributed by atoms with Crippen LogP contribution in [-0.4, -0.2) is 34.5 Å². The lowest BCUT2D eigenvalue weighted by Gasteiger charge is -2.08. The van der Waals surface area contributed by atoms with Gasteiger partial charge in [-0.2, -0.15) is 0 Å². The SMILES string of the molecule is O=C(O)CNC(=O)c1ccc(NC(=O)Cc2ccccc2O)cc1. The van der Waals surface area contributed by atoms with E-state index in [4.69, 9.17) is 5.11 Å². The van der Waals surface area contributed by atoms with Crippen molar-refractivity contribution in [1.29, 1.82) is 0 Å². The van der Waals surface area contributed by atoms with E-state index < -0.39 is 18.4 Å². The van der Waals surface area contributed by atoms with E-state index in [1.807, 2.05) is 0 Å². The number of rotatable bonds is 6. The zero-order chi connectivity index (χ0) is 17.5. The molecule has 0 unspecified atom stereocenters. The van der Waals surface area contributed by atoms with Gasteiger partial charge in [0.15, 0.2) is 0 Å². The number of carbonyl (C=O) groups is 3. The summed E-state index contributed by atoms with van der Waals surface area (Å²) >= 11 is 0. The van der Waals surface area contributed by atoms with Gasteiger partial charge in [0.05, 0.1) is 6.42 Å². The number of carboxylic acid groups (broad SMARTS) is 1. The molecule has 0 fully saturated rings. The summed E-state index contributed by atoms with van der Waals surface area (Å²) in [6, 6.07) is 12.6. The van der Waals surface area contributed by atoms with Crippen LogP contribution in [0.1, 0.15) is 15.9 Å². The summed E-state index contributed by atoms with van der Waals surface area (Å²) in [6.45, 7) is -0.460. The third-order valence-electron chi connectivity index (χ3n) is 3.17. The first kappa shape index (κ1) is 17.0. The van der Waals surface area contributed by atoms with E-state index in [1.165, 1.54) is 18.2 Å². The van der Waals surface area contributed by atoms with E-state index in [-0.39, 0.29) is 23.6 Å². The predicted molar refractivity (Wildman–Crippen MR) is 86.9 cm³/mol. The van der Waals surface area contributed by atoms with E-state index in [2.05, 4.69) is 10.6 Å². The lowest BCUT2D eigenvalue weighted by Crippen LogP contribution is -2.29. The molecule has 0 saturated carbocycles. The number of benzene rings is 2. The van der Waals surface area contributed by atoms with Crippen molar-refractivity contribution < 1.29 is 24.6 Å². The molecule has 0 bridgehead atoms. The number of carbonyl (C=O) groups excluding carboxylic acids is 2.